The number of ether oxygens (including phenoxy) is 1. The molecule has 0 fully saturated rings. The zero-order chi connectivity index (χ0) is 14.7. The van der Waals surface area contributed by atoms with E-state index in [4.69, 9.17) is 27.8 Å². The van der Waals surface area contributed by atoms with E-state index in [1.54, 1.807) is 18.2 Å². The van der Waals surface area contributed by atoms with E-state index in [0.717, 1.165) is 0 Å². The molecule has 0 spiro atoms. The minimum Gasteiger partial charge on any atom is -0.434 e. The Morgan fingerprint density at radius 2 is 2.15 bits per heavy atom. The van der Waals surface area contributed by atoms with Gasteiger partial charge in [0.1, 0.15) is 0 Å². The molecular formula is C14H15ClFN3O. The van der Waals surface area contributed by atoms with Crippen LogP contribution in [0.1, 0.15) is 24.9 Å². The van der Waals surface area contributed by atoms with Crippen molar-refractivity contribution in [1.82, 2.24) is 4.98 Å². The van der Waals surface area contributed by atoms with Crippen molar-refractivity contribution in [2.45, 2.75) is 19.4 Å². The molecule has 0 aliphatic heterocycles. The maximum atomic E-state index is 14.4. The molecule has 1 heterocycles. The Morgan fingerprint density at radius 1 is 1.40 bits per heavy atom. The van der Waals surface area contributed by atoms with Crippen molar-refractivity contribution >= 4 is 17.3 Å². The molecule has 1 aromatic heterocycles. The van der Waals surface area contributed by atoms with Crippen molar-refractivity contribution in [3.63, 3.8) is 0 Å². The van der Waals surface area contributed by atoms with Crippen LogP contribution in [-0.4, -0.2) is 4.98 Å². The first-order valence-electron chi connectivity index (χ1n) is 6.15. The number of rotatable bonds is 4. The number of nitrogens with zero attached hydrogens (tertiary/aromatic N) is 1. The summed E-state index contributed by atoms with van der Waals surface area (Å²) in [4.78, 5) is 3.95. The largest absolute Gasteiger partial charge is 0.434 e. The molecule has 4 nitrogen and oxygen atoms in total. The standard InChI is InChI=1S/C14H15ClFN3O/c1-2-11(18)9-3-4-10(15)14(13(9)16)20-12-7-8(17)5-6-19-12/h3-7,11H,2,18H2,1H3,(H2,17,19)/t11-/m1/s1. The Bertz CT molecular complexity index is 621. The number of nitrogen functional groups attached to an aromatic ring is 1. The number of anilines is 1. The van der Waals surface area contributed by atoms with Gasteiger partial charge >= 0.3 is 0 Å². The van der Waals surface area contributed by atoms with E-state index in [1.165, 1.54) is 12.3 Å². The fourth-order valence-electron chi connectivity index (χ4n) is 1.73. The fourth-order valence-corrected chi connectivity index (χ4v) is 1.92. The van der Waals surface area contributed by atoms with Crippen LogP contribution < -0.4 is 16.2 Å². The molecule has 0 radical (unpaired) electrons. The van der Waals surface area contributed by atoms with Crippen LogP contribution >= 0.6 is 11.6 Å². The van der Waals surface area contributed by atoms with Gasteiger partial charge in [-0.2, -0.15) is 0 Å². The molecule has 4 N–H and O–H groups in total. The first-order chi connectivity index (χ1) is 9.52. The molecule has 20 heavy (non-hydrogen) atoms. The van der Waals surface area contributed by atoms with Crippen LogP contribution in [0.5, 0.6) is 11.6 Å². The summed E-state index contributed by atoms with van der Waals surface area (Å²) in [7, 11) is 0. The lowest BCUT2D eigenvalue weighted by atomic mass is 10.0. The third-order valence-corrected chi connectivity index (χ3v) is 3.18. The number of hydrogen-bond donors (Lipinski definition) is 2. The van der Waals surface area contributed by atoms with E-state index in [1.807, 2.05) is 6.92 Å². The highest BCUT2D eigenvalue weighted by molar-refractivity contribution is 6.32. The first kappa shape index (κ1) is 14.6. The average molecular weight is 296 g/mol. The number of pyridine rings is 1. The molecule has 1 aromatic carbocycles. The van der Waals surface area contributed by atoms with Gasteiger partial charge < -0.3 is 16.2 Å². The van der Waals surface area contributed by atoms with Gasteiger partial charge in [0.25, 0.3) is 0 Å². The topological polar surface area (TPSA) is 74.2 Å². The second-order valence-corrected chi connectivity index (χ2v) is 4.73. The Morgan fingerprint density at radius 3 is 2.80 bits per heavy atom. The molecule has 0 unspecified atom stereocenters. The molecule has 1 atom stereocenters. The van der Waals surface area contributed by atoms with E-state index >= 15 is 0 Å². The van der Waals surface area contributed by atoms with Crippen LogP contribution in [0.15, 0.2) is 30.5 Å². The van der Waals surface area contributed by atoms with Gasteiger partial charge in [-0.1, -0.05) is 24.6 Å². The van der Waals surface area contributed by atoms with Crippen LogP contribution in [-0.2, 0) is 0 Å². The van der Waals surface area contributed by atoms with Crippen LogP contribution in [0, 0.1) is 5.82 Å². The van der Waals surface area contributed by atoms with Crippen molar-refractivity contribution in [2.24, 2.45) is 5.73 Å². The molecule has 0 aliphatic carbocycles. The number of nitrogens with two attached hydrogens (primary N) is 2. The summed E-state index contributed by atoms with van der Waals surface area (Å²) in [5.74, 6) is -0.490. The summed E-state index contributed by atoms with van der Waals surface area (Å²) < 4.78 is 19.8. The Hall–Kier alpha value is -1.85. The predicted octanol–water partition coefficient (Wildman–Crippen LogP) is 3.66. The third-order valence-electron chi connectivity index (χ3n) is 2.88. The van der Waals surface area contributed by atoms with Crippen LogP contribution in [0.25, 0.3) is 0 Å². The molecule has 0 saturated heterocycles. The SMILES string of the molecule is CC[C@@H](N)c1ccc(Cl)c(Oc2cc(N)ccn2)c1F. The van der Waals surface area contributed by atoms with Gasteiger partial charge in [0.15, 0.2) is 11.6 Å². The van der Waals surface area contributed by atoms with Gasteiger partial charge in [0, 0.05) is 29.6 Å². The lowest BCUT2D eigenvalue weighted by Gasteiger charge is -2.14. The maximum absolute atomic E-state index is 14.4. The smallest absolute Gasteiger partial charge is 0.221 e. The quantitative estimate of drug-likeness (QED) is 0.902. The molecule has 0 amide bonds. The van der Waals surface area contributed by atoms with Gasteiger partial charge in [-0.15, -0.1) is 0 Å². The Kier molecular flexibility index (Phi) is 4.42. The summed E-state index contributed by atoms with van der Waals surface area (Å²) in [6.45, 7) is 1.87. The monoisotopic (exact) mass is 295 g/mol. The summed E-state index contributed by atoms with van der Waals surface area (Å²) in [5, 5.41) is 0.152. The van der Waals surface area contributed by atoms with Gasteiger partial charge in [-0.25, -0.2) is 9.37 Å². The van der Waals surface area contributed by atoms with Gasteiger partial charge in [0.2, 0.25) is 5.88 Å². The van der Waals surface area contributed by atoms with Gasteiger partial charge in [0.05, 0.1) is 5.02 Å². The van der Waals surface area contributed by atoms with E-state index in [9.17, 15) is 4.39 Å². The van der Waals surface area contributed by atoms with Crippen LogP contribution in [0.4, 0.5) is 10.1 Å². The van der Waals surface area contributed by atoms with Crippen molar-refractivity contribution in [3.8, 4) is 11.6 Å². The van der Waals surface area contributed by atoms with E-state index < -0.39 is 11.9 Å². The zero-order valence-corrected chi connectivity index (χ0v) is 11.7. The number of benzene rings is 1. The summed E-state index contributed by atoms with van der Waals surface area (Å²) in [6.07, 6.45) is 2.08. The number of halogens is 2. The average Bonchev–Trinajstić information content (AvgIpc) is 2.43. The third kappa shape index (κ3) is 3.00. The molecule has 0 bridgehead atoms. The van der Waals surface area contributed by atoms with E-state index in [2.05, 4.69) is 4.98 Å². The molecule has 106 valence electrons. The lowest BCUT2D eigenvalue weighted by Crippen LogP contribution is -2.11. The summed E-state index contributed by atoms with van der Waals surface area (Å²) in [6, 6.07) is 5.79. The van der Waals surface area contributed by atoms with E-state index in [0.29, 0.717) is 17.7 Å². The normalized spacial score (nSPS) is 12.2. The first-order valence-corrected chi connectivity index (χ1v) is 6.53. The number of hydrogen-bond acceptors (Lipinski definition) is 4. The van der Waals surface area contributed by atoms with Crippen LogP contribution in [0.3, 0.4) is 0 Å². The minimum absolute atomic E-state index is 0.0915. The fraction of sp³-hybridized carbons (Fsp3) is 0.214. The maximum Gasteiger partial charge on any atom is 0.221 e. The molecule has 6 heteroatoms. The zero-order valence-electron chi connectivity index (χ0n) is 10.9. The molecule has 0 saturated carbocycles. The van der Waals surface area contributed by atoms with Crippen molar-refractivity contribution in [1.29, 1.82) is 0 Å². The summed E-state index contributed by atoms with van der Waals surface area (Å²) in [5.41, 5.74) is 12.3. The van der Waals surface area contributed by atoms with Crippen LogP contribution in [0.2, 0.25) is 5.02 Å². The minimum atomic E-state index is -0.573. The predicted molar refractivity (Wildman–Crippen MR) is 77.4 cm³/mol. The van der Waals surface area contributed by atoms with Crippen molar-refractivity contribution < 1.29 is 9.13 Å². The number of aromatic nitrogens is 1. The molecule has 2 aromatic rings. The highest BCUT2D eigenvalue weighted by Gasteiger charge is 2.18. The Labute approximate surface area is 121 Å². The lowest BCUT2D eigenvalue weighted by molar-refractivity contribution is 0.421. The Balaban J connectivity index is 2.40. The van der Waals surface area contributed by atoms with Crippen molar-refractivity contribution in [3.05, 3.63) is 46.9 Å². The van der Waals surface area contributed by atoms with E-state index in [-0.39, 0.29) is 16.7 Å². The molecular weight excluding hydrogens is 281 g/mol. The van der Waals surface area contributed by atoms with Gasteiger partial charge in [-0.3, -0.25) is 0 Å². The second kappa shape index (κ2) is 6.07. The molecule has 2 rings (SSSR count). The highest BCUT2D eigenvalue weighted by Crippen LogP contribution is 2.35. The second-order valence-electron chi connectivity index (χ2n) is 4.32. The van der Waals surface area contributed by atoms with Crippen molar-refractivity contribution in [2.75, 3.05) is 5.73 Å². The highest BCUT2D eigenvalue weighted by atomic mass is 35.5. The van der Waals surface area contributed by atoms with Gasteiger partial charge in [-0.05, 0) is 18.6 Å². The molecule has 0 aliphatic rings. The summed E-state index contributed by atoms with van der Waals surface area (Å²) >= 11 is 5.97.